The molecule has 0 heterocycles. The van der Waals surface area contributed by atoms with Crippen molar-refractivity contribution in [2.75, 3.05) is 5.32 Å². The van der Waals surface area contributed by atoms with E-state index >= 15 is 0 Å². The number of non-ortho nitro benzene ring substituents is 1. The number of hydrogen-bond donors (Lipinski definition) is 2. The van der Waals surface area contributed by atoms with Gasteiger partial charge in [0.15, 0.2) is 0 Å². The zero-order valence-electron chi connectivity index (χ0n) is 9.71. The third-order valence-corrected chi connectivity index (χ3v) is 2.09. The van der Waals surface area contributed by atoms with E-state index in [1.54, 1.807) is 13.0 Å². The van der Waals surface area contributed by atoms with Crippen molar-refractivity contribution in [2.45, 2.75) is 19.4 Å². The maximum absolute atomic E-state index is 11.5. The molecule has 0 aromatic heterocycles. The predicted molar refractivity (Wildman–Crippen MR) is 64.9 cm³/mol. The molecule has 7 heteroatoms. The Bertz CT molecular complexity index is 495. The summed E-state index contributed by atoms with van der Waals surface area (Å²) in [6.45, 7) is 1.69. The first-order valence-corrected chi connectivity index (χ1v) is 5.22. The van der Waals surface area contributed by atoms with Crippen LogP contribution in [0.2, 0.25) is 0 Å². The van der Waals surface area contributed by atoms with Crippen LogP contribution >= 0.6 is 0 Å². The van der Waals surface area contributed by atoms with Gasteiger partial charge in [-0.15, -0.1) is 0 Å². The number of anilines is 1. The quantitative estimate of drug-likeness (QED) is 0.627. The molecule has 0 spiro atoms. The molecule has 0 aliphatic rings. The summed E-state index contributed by atoms with van der Waals surface area (Å²) in [6.07, 6.45) is 0.197. The van der Waals surface area contributed by atoms with Crippen molar-refractivity contribution in [1.29, 1.82) is 5.26 Å². The van der Waals surface area contributed by atoms with Crippen LogP contribution in [0.25, 0.3) is 0 Å². The van der Waals surface area contributed by atoms with Gasteiger partial charge in [0, 0.05) is 23.9 Å². The van der Waals surface area contributed by atoms with E-state index in [4.69, 9.17) is 5.26 Å². The zero-order valence-corrected chi connectivity index (χ0v) is 9.71. The molecule has 0 aliphatic carbocycles. The van der Waals surface area contributed by atoms with Gasteiger partial charge < -0.3 is 10.6 Å². The lowest BCUT2D eigenvalue weighted by molar-refractivity contribution is -0.384. The van der Waals surface area contributed by atoms with Crippen molar-refractivity contribution < 1.29 is 9.72 Å². The van der Waals surface area contributed by atoms with Crippen LogP contribution in [0.4, 0.5) is 16.2 Å². The average Bonchev–Trinajstić information content (AvgIpc) is 2.29. The standard InChI is InChI=1S/C11H12N4O3/c1-8(5-6-12)13-11(16)14-9-3-2-4-10(7-9)15(17)18/h2-4,7-8H,5H2,1H3,(H2,13,14,16). The third-order valence-electron chi connectivity index (χ3n) is 2.09. The molecule has 2 N–H and O–H groups in total. The monoisotopic (exact) mass is 248 g/mol. The summed E-state index contributed by atoms with van der Waals surface area (Å²) in [6, 6.07) is 6.76. The van der Waals surface area contributed by atoms with Gasteiger partial charge in [-0.05, 0) is 13.0 Å². The van der Waals surface area contributed by atoms with E-state index in [0.717, 1.165) is 0 Å². The van der Waals surface area contributed by atoms with Crippen LogP contribution in [-0.2, 0) is 0 Å². The molecule has 0 bridgehead atoms. The van der Waals surface area contributed by atoms with Crippen LogP contribution in [0.3, 0.4) is 0 Å². The lowest BCUT2D eigenvalue weighted by Crippen LogP contribution is -2.35. The molecule has 0 saturated heterocycles. The second-order valence-electron chi connectivity index (χ2n) is 3.67. The predicted octanol–water partition coefficient (Wildman–Crippen LogP) is 2.02. The highest BCUT2D eigenvalue weighted by molar-refractivity contribution is 5.89. The molecule has 0 fully saturated rings. The second kappa shape index (κ2) is 6.20. The number of carbonyl (C=O) groups excluding carboxylic acids is 1. The molecule has 0 radical (unpaired) electrons. The highest BCUT2D eigenvalue weighted by Crippen LogP contribution is 2.16. The van der Waals surface area contributed by atoms with Crippen LogP contribution < -0.4 is 10.6 Å². The first-order valence-electron chi connectivity index (χ1n) is 5.22. The van der Waals surface area contributed by atoms with Gasteiger partial charge >= 0.3 is 6.03 Å². The van der Waals surface area contributed by atoms with Gasteiger partial charge in [-0.3, -0.25) is 10.1 Å². The molecule has 1 aromatic carbocycles. The maximum Gasteiger partial charge on any atom is 0.319 e. The van der Waals surface area contributed by atoms with E-state index in [-0.39, 0.29) is 18.2 Å². The van der Waals surface area contributed by atoms with Crippen LogP contribution in [0.1, 0.15) is 13.3 Å². The summed E-state index contributed by atoms with van der Waals surface area (Å²) >= 11 is 0. The number of nitrogens with zero attached hydrogens (tertiary/aromatic N) is 2. The third kappa shape index (κ3) is 4.09. The Hall–Kier alpha value is -2.62. The number of urea groups is 1. The summed E-state index contributed by atoms with van der Waals surface area (Å²) in [5.41, 5.74) is 0.226. The fourth-order valence-electron chi connectivity index (χ4n) is 1.28. The molecule has 18 heavy (non-hydrogen) atoms. The maximum atomic E-state index is 11.5. The van der Waals surface area contributed by atoms with E-state index in [2.05, 4.69) is 10.6 Å². The van der Waals surface area contributed by atoms with Gasteiger partial charge in [0.05, 0.1) is 17.4 Å². The van der Waals surface area contributed by atoms with E-state index in [0.29, 0.717) is 5.69 Å². The molecular formula is C11H12N4O3. The number of benzene rings is 1. The molecule has 7 nitrogen and oxygen atoms in total. The summed E-state index contributed by atoms with van der Waals surface area (Å²) in [7, 11) is 0. The minimum Gasteiger partial charge on any atom is -0.334 e. The number of hydrogen-bond acceptors (Lipinski definition) is 4. The smallest absolute Gasteiger partial charge is 0.319 e. The number of nitro groups is 1. The number of nitro benzene ring substituents is 1. The molecular weight excluding hydrogens is 236 g/mol. The number of nitriles is 1. The fraction of sp³-hybridized carbons (Fsp3) is 0.273. The van der Waals surface area contributed by atoms with E-state index in [9.17, 15) is 14.9 Å². The SMILES string of the molecule is CC(CC#N)NC(=O)Nc1cccc([N+](=O)[O-])c1. The normalized spacial score (nSPS) is 11.1. The van der Waals surface area contributed by atoms with Gasteiger partial charge in [0.1, 0.15) is 0 Å². The van der Waals surface area contributed by atoms with Gasteiger partial charge in [-0.25, -0.2) is 4.79 Å². The van der Waals surface area contributed by atoms with Crippen molar-refractivity contribution in [3.05, 3.63) is 34.4 Å². The molecule has 0 saturated carbocycles. The van der Waals surface area contributed by atoms with Gasteiger partial charge in [-0.1, -0.05) is 6.07 Å². The molecule has 1 unspecified atom stereocenters. The zero-order chi connectivity index (χ0) is 13.5. The Labute approximate surface area is 104 Å². The second-order valence-corrected chi connectivity index (χ2v) is 3.67. The topological polar surface area (TPSA) is 108 Å². The molecule has 1 rings (SSSR count). The van der Waals surface area contributed by atoms with Crippen LogP contribution in [0.5, 0.6) is 0 Å². The Morgan fingerprint density at radius 3 is 2.94 bits per heavy atom. The van der Waals surface area contributed by atoms with Crippen molar-refractivity contribution in [3.8, 4) is 6.07 Å². The van der Waals surface area contributed by atoms with Crippen molar-refractivity contribution in [3.63, 3.8) is 0 Å². The largest absolute Gasteiger partial charge is 0.334 e. The van der Waals surface area contributed by atoms with Gasteiger partial charge in [0.2, 0.25) is 0 Å². The fourth-order valence-corrected chi connectivity index (χ4v) is 1.28. The lowest BCUT2D eigenvalue weighted by atomic mass is 10.2. The summed E-state index contributed by atoms with van der Waals surface area (Å²) < 4.78 is 0. The highest BCUT2D eigenvalue weighted by Gasteiger charge is 2.09. The summed E-state index contributed by atoms with van der Waals surface area (Å²) in [4.78, 5) is 21.5. The Kier molecular flexibility index (Phi) is 4.63. The summed E-state index contributed by atoms with van der Waals surface area (Å²) in [5.74, 6) is 0. The Morgan fingerprint density at radius 2 is 2.33 bits per heavy atom. The average molecular weight is 248 g/mol. The summed E-state index contributed by atoms with van der Waals surface area (Å²) in [5, 5.41) is 24.0. The van der Waals surface area contributed by atoms with Crippen LogP contribution in [0.15, 0.2) is 24.3 Å². The Balaban J connectivity index is 2.62. The molecule has 0 aliphatic heterocycles. The number of amides is 2. The van der Waals surface area contributed by atoms with Crippen molar-refractivity contribution >= 4 is 17.4 Å². The first kappa shape index (κ1) is 13.4. The first-order chi connectivity index (χ1) is 8.52. The number of carbonyl (C=O) groups is 1. The number of rotatable bonds is 4. The van der Waals surface area contributed by atoms with E-state index in [1.807, 2.05) is 6.07 Å². The van der Waals surface area contributed by atoms with Crippen molar-refractivity contribution in [2.24, 2.45) is 0 Å². The van der Waals surface area contributed by atoms with Crippen LogP contribution in [0, 0.1) is 21.4 Å². The van der Waals surface area contributed by atoms with E-state index < -0.39 is 11.0 Å². The van der Waals surface area contributed by atoms with Gasteiger partial charge in [0.25, 0.3) is 5.69 Å². The van der Waals surface area contributed by atoms with Crippen LogP contribution in [-0.4, -0.2) is 17.0 Å². The molecule has 1 aromatic rings. The molecule has 2 amide bonds. The van der Waals surface area contributed by atoms with Crippen molar-refractivity contribution in [1.82, 2.24) is 5.32 Å². The van der Waals surface area contributed by atoms with E-state index in [1.165, 1.54) is 18.2 Å². The lowest BCUT2D eigenvalue weighted by Gasteiger charge is -2.11. The molecule has 94 valence electrons. The Morgan fingerprint density at radius 1 is 1.61 bits per heavy atom. The number of nitrogens with one attached hydrogen (secondary N) is 2. The van der Waals surface area contributed by atoms with Gasteiger partial charge in [-0.2, -0.15) is 5.26 Å². The minimum atomic E-state index is -0.540. The molecule has 1 atom stereocenters. The minimum absolute atomic E-state index is 0.0992. The highest BCUT2D eigenvalue weighted by atomic mass is 16.6.